The molecule has 0 N–H and O–H groups in total. The van der Waals surface area contributed by atoms with E-state index in [2.05, 4.69) is 0 Å². The highest BCUT2D eigenvalue weighted by molar-refractivity contribution is 7.92. The van der Waals surface area contributed by atoms with E-state index in [0.717, 1.165) is 0 Å². The van der Waals surface area contributed by atoms with E-state index >= 15 is 0 Å². The van der Waals surface area contributed by atoms with Crippen molar-refractivity contribution >= 4 is 15.8 Å². The molecule has 1 aliphatic rings. The summed E-state index contributed by atoms with van der Waals surface area (Å²) in [6, 6.07) is 14.5. The van der Waals surface area contributed by atoms with Crippen molar-refractivity contribution in [3.05, 3.63) is 60.2 Å². The molecule has 2 aromatic carbocycles. The molecule has 7 heteroatoms. The second-order valence-corrected chi connectivity index (χ2v) is 7.25. The Labute approximate surface area is 139 Å². The number of carbonyl (C=O) groups is 1. The highest BCUT2D eigenvalue weighted by Crippen LogP contribution is 2.32. The van der Waals surface area contributed by atoms with E-state index in [9.17, 15) is 13.2 Å². The number of methoxy groups -OCH3 is 1. The molecule has 3 rings (SSSR count). The summed E-state index contributed by atoms with van der Waals surface area (Å²) in [5.41, 5.74) is -0.609. The van der Waals surface area contributed by atoms with Gasteiger partial charge < -0.3 is 14.2 Å². The summed E-state index contributed by atoms with van der Waals surface area (Å²) in [5, 5.41) is 0. The number of sulfone groups is 1. The van der Waals surface area contributed by atoms with Crippen molar-refractivity contribution in [2.24, 2.45) is 0 Å². The average molecular weight is 348 g/mol. The van der Waals surface area contributed by atoms with E-state index in [0.29, 0.717) is 11.3 Å². The molecule has 0 unspecified atom stereocenters. The molecule has 0 spiro atoms. The van der Waals surface area contributed by atoms with Gasteiger partial charge >= 0.3 is 5.97 Å². The molecule has 0 aromatic heterocycles. The SMILES string of the molecule is COc1ccc(C(=O)OC[C@H]2O[C@@H]2S(=O)(=O)c2ccccc2)cc1. The molecule has 1 saturated heterocycles. The number of esters is 1. The maximum absolute atomic E-state index is 12.3. The van der Waals surface area contributed by atoms with E-state index in [1.165, 1.54) is 19.2 Å². The second-order valence-electron chi connectivity index (χ2n) is 5.23. The Kier molecular flexibility index (Phi) is 4.55. The van der Waals surface area contributed by atoms with Gasteiger partial charge in [-0.15, -0.1) is 0 Å². The zero-order chi connectivity index (χ0) is 17.2. The molecule has 2 aromatic rings. The minimum Gasteiger partial charge on any atom is -0.497 e. The third kappa shape index (κ3) is 3.42. The molecule has 2 atom stereocenters. The number of benzene rings is 2. The van der Waals surface area contributed by atoms with E-state index in [1.807, 2.05) is 0 Å². The minimum atomic E-state index is -3.57. The number of carbonyl (C=O) groups excluding carboxylic acids is 1. The van der Waals surface area contributed by atoms with Crippen LogP contribution < -0.4 is 4.74 Å². The zero-order valence-electron chi connectivity index (χ0n) is 12.9. The van der Waals surface area contributed by atoms with Crippen LogP contribution in [0.1, 0.15) is 10.4 Å². The Bertz CT molecular complexity index is 814. The fraction of sp³-hybridized carbons (Fsp3) is 0.235. The van der Waals surface area contributed by atoms with Crippen LogP contribution in [0.4, 0.5) is 0 Å². The van der Waals surface area contributed by atoms with Crippen molar-refractivity contribution in [2.75, 3.05) is 13.7 Å². The Balaban J connectivity index is 1.56. The van der Waals surface area contributed by atoms with Crippen LogP contribution in [0.2, 0.25) is 0 Å². The quantitative estimate of drug-likeness (QED) is 0.587. The van der Waals surface area contributed by atoms with Gasteiger partial charge in [-0.05, 0) is 36.4 Å². The summed E-state index contributed by atoms with van der Waals surface area (Å²) in [5.74, 6) is 0.0927. The predicted octanol–water partition coefficient (Wildman–Crippen LogP) is 2.05. The monoisotopic (exact) mass is 348 g/mol. The molecule has 0 amide bonds. The number of rotatable bonds is 6. The topological polar surface area (TPSA) is 82.2 Å². The Hall–Kier alpha value is -2.38. The molecule has 0 bridgehead atoms. The fourth-order valence-corrected chi connectivity index (χ4v) is 3.80. The summed E-state index contributed by atoms with van der Waals surface area (Å²) in [7, 11) is -2.03. The number of ether oxygens (including phenoxy) is 3. The third-order valence-corrected chi connectivity index (χ3v) is 5.57. The fourth-order valence-electron chi connectivity index (χ4n) is 2.23. The normalized spacial score (nSPS) is 19.5. The first-order valence-electron chi connectivity index (χ1n) is 7.28. The van der Waals surface area contributed by atoms with Crippen LogP contribution in [0.15, 0.2) is 59.5 Å². The van der Waals surface area contributed by atoms with Crippen LogP contribution in [0, 0.1) is 0 Å². The van der Waals surface area contributed by atoms with Crippen molar-refractivity contribution in [1.29, 1.82) is 0 Å². The third-order valence-electron chi connectivity index (χ3n) is 3.62. The summed E-state index contributed by atoms with van der Waals surface area (Å²) in [6.07, 6.45) is -0.641. The van der Waals surface area contributed by atoms with Crippen molar-refractivity contribution in [2.45, 2.75) is 16.4 Å². The number of hydrogen-bond acceptors (Lipinski definition) is 6. The molecule has 6 nitrogen and oxygen atoms in total. The maximum atomic E-state index is 12.3. The minimum absolute atomic E-state index is 0.110. The van der Waals surface area contributed by atoms with Crippen LogP contribution in [0.5, 0.6) is 5.75 Å². The van der Waals surface area contributed by atoms with Gasteiger partial charge in [0.1, 0.15) is 18.5 Å². The first-order chi connectivity index (χ1) is 11.5. The van der Waals surface area contributed by atoms with Crippen molar-refractivity contribution in [3.8, 4) is 5.75 Å². The van der Waals surface area contributed by atoms with Crippen LogP contribution in [0.25, 0.3) is 0 Å². The lowest BCUT2D eigenvalue weighted by atomic mass is 10.2. The average Bonchev–Trinajstić information content (AvgIpc) is 3.41. The van der Waals surface area contributed by atoms with E-state index in [1.54, 1.807) is 42.5 Å². The zero-order valence-corrected chi connectivity index (χ0v) is 13.7. The van der Waals surface area contributed by atoms with Crippen molar-refractivity contribution in [3.63, 3.8) is 0 Å². The van der Waals surface area contributed by atoms with Crippen LogP contribution in [0.3, 0.4) is 0 Å². The molecule has 0 saturated carbocycles. The van der Waals surface area contributed by atoms with Gasteiger partial charge in [-0.25, -0.2) is 13.2 Å². The standard InChI is InChI=1S/C17H16O6S/c1-21-13-9-7-12(8-10-13)16(18)22-11-15-17(23-15)24(19,20)14-5-3-2-4-6-14/h2-10,15,17H,11H2,1H3/t15-,17-/m1/s1. The Morgan fingerprint density at radius 1 is 1.08 bits per heavy atom. The molecule has 0 aliphatic carbocycles. The molecule has 1 heterocycles. The lowest BCUT2D eigenvalue weighted by molar-refractivity contribution is 0.0476. The first-order valence-corrected chi connectivity index (χ1v) is 8.82. The molecular weight excluding hydrogens is 332 g/mol. The van der Waals surface area contributed by atoms with Gasteiger partial charge in [-0.2, -0.15) is 0 Å². The summed E-state index contributed by atoms with van der Waals surface area (Å²) < 4.78 is 39.9. The lowest BCUT2D eigenvalue weighted by Gasteiger charge is -2.04. The van der Waals surface area contributed by atoms with Gasteiger partial charge in [0.05, 0.1) is 17.6 Å². The van der Waals surface area contributed by atoms with Crippen LogP contribution >= 0.6 is 0 Å². The smallest absolute Gasteiger partial charge is 0.338 e. The van der Waals surface area contributed by atoms with E-state index in [-0.39, 0.29) is 11.5 Å². The molecular formula is C17H16O6S. The van der Waals surface area contributed by atoms with E-state index in [4.69, 9.17) is 14.2 Å². The maximum Gasteiger partial charge on any atom is 0.338 e. The molecule has 126 valence electrons. The van der Waals surface area contributed by atoms with E-state index < -0.39 is 27.3 Å². The lowest BCUT2D eigenvalue weighted by Crippen LogP contribution is -2.16. The van der Waals surface area contributed by atoms with Gasteiger partial charge in [0.15, 0.2) is 5.44 Å². The van der Waals surface area contributed by atoms with Gasteiger partial charge in [0.25, 0.3) is 0 Å². The van der Waals surface area contributed by atoms with Gasteiger partial charge in [0, 0.05) is 0 Å². The Morgan fingerprint density at radius 3 is 2.38 bits per heavy atom. The summed E-state index contributed by atoms with van der Waals surface area (Å²) in [6.45, 7) is -0.110. The predicted molar refractivity (Wildman–Crippen MR) is 85.6 cm³/mol. The van der Waals surface area contributed by atoms with Gasteiger partial charge in [-0.3, -0.25) is 0 Å². The van der Waals surface area contributed by atoms with Crippen molar-refractivity contribution in [1.82, 2.24) is 0 Å². The molecule has 24 heavy (non-hydrogen) atoms. The number of epoxide rings is 1. The highest BCUT2D eigenvalue weighted by atomic mass is 32.2. The van der Waals surface area contributed by atoms with Crippen LogP contribution in [-0.2, 0) is 19.3 Å². The summed E-state index contributed by atoms with van der Waals surface area (Å²) in [4.78, 5) is 12.1. The second kappa shape index (κ2) is 6.62. The van der Waals surface area contributed by atoms with Crippen molar-refractivity contribution < 1.29 is 27.4 Å². The molecule has 1 aliphatic heterocycles. The largest absolute Gasteiger partial charge is 0.497 e. The van der Waals surface area contributed by atoms with Gasteiger partial charge in [-0.1, -0.05) is 18.2 Å². The van der Waals surface area contributed by atoms with Gasteiger partial charge in [0.2, 0.25) is 9.84 Å². The van der Waals surface area contributed by atoms with Crippen LogP contribution in [-0.4, -0.2) is 39.6 Å². The molecule has 1 fully saturated rings. The number of hydrogen-bond donors (Lipinski definition) is 0. The summed E-state index contributed by atoms with van der Waals surface area (Å²) >= 11 is 0. The molecule has 0 radical (unpaired) electrons. The Morgan fingerprint density at radius 2 is 1.75 bits per heavy atom. The first kappa shape index (κ1) is 16.5. The highest BCUT2D eigenvalue weighted by Gasteiger charge is 2.50.